The molecule has 0 radical (unpaired) electrons. The standard InChI is InChI=1S/C17H21N5O/c1-4-12(5-2)8-15-20-16-13(17(23)21-15)9-19-22(16)14-10-18-7-6-11(14)3/h6-7,9-10,12H,4-5,8H2,1-3H3,(H,20,21,23). The summed E-state index contributed by atoms with van der Waals surface area (Å²) in [6.07, 6.45) is 7.96. The number of H-pyrrole nitrogens is 1. The fourth-order valence-corrected chi connectivity index (χ4v) is 2.77. The van der Waals surface area contributed by atoms with Gasteiger partial charge in [0.1, 0.15) is 11.2 Å². The number of nitrogens with one attached hydrogen (secondary N) is 1. The van der Waals surface area contributed by atoms with E-state index in [1.807, 2.05) is 13.0 Å². The second-order valence-corrected chi connectivity index (χ2v) is 5.86. The molecule has 0 unspecified atom stereocenters. The van der Waals surface area contributed by atoms with Gasteiger partial charge in [0.05, 0.1) is 18.1 Å². The molecule has 0 saturated heterocycles. The molecule has 120 valence electrons. The van der Waals surface area contributed by atoms with Crippen molar-refractivity contribution in [2.75, 3.05) is 0 Å². The van der Waals surface area contributed by atoms with Crippen LogP contribution in [-0.2, 0) is 6.42 Å². The van der Waals surface area contributed by atoms with E-state index >= 15 is 0 Å². The van der Waals surface area contributed by atoms with Gasteiger partial charge in [0, 0.05) is 12.6 Å². The largest absolute Gasteiger partial charge is 0.310 e. The summed E-state index contributed by atoms with van der Waals surface area (Å²) in [6.45, 7) is 6.31. The van der Waals surface area contributed by atoms with Crippen LogP contribution in [0.25, 0.3) is 16.7 Å². The maximum atomic E-state index is 12.3. The topological polar surface area (TPSA) is 76.5 Å². The predicted molar refractivity (Wildman–Crippen MR) is 89.8 cm³/mol. The molecule has 3 rings (SSSR count). The van der Waals surface area contributed by atoms with Gasteiger partial charge in [0.25, 0.3) is 5.56 Å². The Balaban J connectivity index is 2.13. The molecule has 0 saturated carbocycles. The Hall–Kier alpha value is -2.50. The average Bonchev–Trinajstić information content (AvgIpc) is 2.97. The van der Waals surface area contributed by atoms with Crippen LogP contribution in [0, 0.1) is 12.8 Å². The molecule has 3 aromatic rings. The zero-order valence-corrected chi connectivity index (χ0v) is 13.7. The molecule has 0 aliphatic rings. The molecule has 0 fully saturated rings. The van der Waals surface area contributed by atoms with E-state index in [2.05, 4.69) is 33.9 Å². The molecule has 0 bridgehead atoms. The molecular weight excluding hydrogens is 290 g/mol. The number of aromatic amines is 1. The summed E-state index contributed by atoms with van der Waals surface area (Å²) in [5.41, 5.74) is 2.33. The summed E-state index contributed by atoms with van der Waals surface area (Å²) in [7, 11) is 0. The molecule has 0 spiro atoms. The molecule has 3 heterocycles. The summed E-state index contributed by atoms with van der Waals surface area (Å²) in [5, 5.41) is 4.84. The van der Waals surface area contributed by atoms with E-state index < -0.39 is 0 Å². The normalized spacial score (nSPS) is 11.5. The summed E-state index contributed by atoms with van der Waals surface area (Å²) in [6, 6.07) is 1.92. The lowest BCUT2D eigenvalue weighted by molar-refractivity contribution is 0.478. The van der Waals surface area contributed by atoms with Crippen molar-refractivity contribution >= 4 is 11.0 Å². The monoisotopic (exact) mass is 311 g/mol. The number of aromatic nitrogens is 5. The Labute approximate surface area is 134 Å². The Bertz CT molecular complexity index is 876. The van der Waals surface area contributed by atoms with Gasteiger partial charge in [-0.05, 0) is 24.5 Å². The van der Waals surface area contributed by atoms with Crippen molar-refractivity contribution in [2.24, 2.45) is 5.92 Å². The maximum absolute atomic E-state index is 12.3. The minimum Gasteiger partial charge on any atom is -0.310 e. The van der Waals surface area contributed by atoms with Crippen molar-refractivity contribution in [1.29, 1.82) is 0 Å². The number of hydrogen-bond acceptors (Lipinski definition) is 4. The van der Waals surface area contributed by atoms with Gasteiger partial charge in [-0.15, -0.1) is 0 Å². The van der Waals surface area contributed by atoms with Crippen molar-refractivity contribution in [2.45, 2.75) is 40.0 Å². The highest BCUT2D eigenvalue weighted by Gasteiger charge is 2.14. The zero-order chi connectivity index (χ0) is 16.4. The Morgan fingerprint density at radius 2 is 2.04 bits per heavy atom. The van der Waals surface area contributed by atoms with E-state index in [0.717, 1.165) is 36.3 Å². The third-order valence-electron chi connectivity index (χ3n) is 4.36. The van der Waals surface area contributed by atoms with E-state index in [1.54, 1.807) is 23.3 Å². The fourth-order valence-electron chi connectivity index (χ4n) is 2.77. The maximum Gasteiger partial charge on any atom is 0.262 e. The van der Waals surface area contributed by atoms with Gasteiger partial charge >= 0.3 is 0 Å². The van der Waals surface area contributed by atoms with Crippen LogP contribution in [0.5, 0.6) is 0 Å². The minimum atomic E-state index is -0.135. The second kappa shape index (κ2) is 6.32. The van der Waals surface area contributed by atoms with Crippen LogP contribution in [0.2, 0.25) is 0 Å². The van der Waals surface area contributed by atoms with Gasteiger partial charge in [-0.3, -0.25) is 9.78 Å². The van der Waals surface area contributed by atoms with E-state index in [4.69, 9.17) is 0 Å². The highest BCUT2D eigenvalue weighted by Crippen LogP contribution is 2.18. The average molecular weight is 311 g/mol. The van der Waals surface area contributed by atoms with Crippen LogP contribution in [0.4, 0.5) is 0 Å². The lowest BCUT2D eigenvalue weighted by Crippen LogP contribution is -2.15. The fraction of sp³-hybridized carbons (Fsp3) is 0.412. The first-order valence-corrected chi connectivity index (χ1v) is 8.02. The molecule has 0 aromatic carbocycles. The lowest BCUT2D eigenvalue weighted by atomic mass is 9.99. The number of hydrogen-bond donors (Lipinski definition) is 1. The van der Waals surface area contributed by atoms with Crippen molar-refractivity contribution in [3.8, 4) is 5.69 Å². The van der Waals surface area contributed by atoms with Gasteiger partial charge in [0.15, 0.2) is 5.65 Å². The van der Waals surface area contributed by atoms with E-state index in [1.165, 1.54) is 0 Å². The van der Waals surface area contributed by atoms with Crippen LogP contribution in [-0.4, -0.2) is 24.7 Å². The van der Waals surface area contributed by atoms with Crippen molar-refractivity contribution in [1.82, 2.24) is 24.7 Å². The number of aryl methyl sites for hydroxylation is 1. The Kier molecular flexibility index (Phi) is 4.23. The first kappa shape index (κ1) is 15.4. The lowest BCUT2D eigenvalue weighted by Gasteiger charge is -2.11. The first-order chi connectivity index (χ1) is 11.1. The van der Waals surface area contributed by atoms with Gasteiger partial charge in [0.2, 0.25) is 0 Å². The molecule has 0 aliphatic heterocycles. The molecule has 1 N–H and O–H groups in total. The first-order valence-electron chi connectivity index (χ1n) is 8.02. The minimum absolute atomic E-state index is 0.135. The quantitative estimate of drug-likeness (QED) is 0.786. The van der Waals surface area contributed by atoms with Gasteiger partial charge < -0.3 is 4.98 Å². The molecule has 23 heavy (non-hydrogen) atoms. The molecule has 6 nitrogen and oxygen atoms in total. The zero-order valence-electron chi connectivity index (χ0n) is 13.7. The molecule has 6 heteroatoms. The SMILES string of the molecule is CCC(CC)Cc1nc2c(cnn2-c2cnccc2C)c(=O)[nH]1. The summed E-state index contributed by atoms with van der Waals surface area (Å²) in [5.74, 6) is 1.24. The van der Waals surface area contributed by atoms with E-state index in [-0.39, 0.29) is 5.56 Å². The summed E-state index contributed by atoms with van der Waals surface area (Å²) in [4.78, 5) is 24.0. The Morgan fingerprint density at radius 1 is 1.26 bits per heavy atom. The number of rotatable bonds is 5. The van der Waals surface area contributed by atoms with Crippen molar-refractivity contribution in [3.63, 3.8) is 0 Å². The third kappa shape index (κ3) is 2.88. The van der Waals surface area contributed by atoms with Gasteiger partial charge in [-0.2, -0.15) is 5.10 Å². The molecule has 3 aromatic heterocycles. The number of fused-ring (bicyclic) bond motifs is 1. The molecule has 0 atom stereocenters. The van der Waals surface area contributed by atoms with Crippen LogP contribution < -0.4 is 5.56 Å². The second-order valence-electron chi connectivity index (χ2n) is 5.86. The highest BCUT2D eigenvalue weighted by molar-refractivity contribution is 5.75. The number of nitrogens with zero attached hydrogens (tertiary/aromatic N) is 4. The van der Waals surface area contributed by atoms with Crippen LogP contribution >= 0.6 is 0 Å². The van der Waals surface area contributed by atoms with Crippen LogP contribution in [0.3, 0.4) is 0 Å². The Morgan fingerprint density at radius 3 is 2.74 bits per heavy atom. The summed E-state index contributed by atoms with van der Waals surface area (Å²) >= 11 is 0. The van der Waals surface area contributed by atoms with Crippen LogP contribution in [0.1, 0.15) is 38.1 Å². The smallest absolute Gasteiger partial charge is 0.262 e. The highest BCUT2D eigenvalue weighted by atomic mass is 16.1. The van der Waals surface area contributed by atoms with Crippen molar-refractivity contribution < 1.29 is 0 Å². The third-order valence-corrected chi connectivity index (χ3v) is 4.36. The van der Waals surface area contributed by atoms with Crippen molar-refractivity contribution in [3.05, 3.63) is 46.4 Å². The predicted octanol–water partition coefficient (Wildman–Crippen LogP) is 2.79. The van der Waals surface area contributed by atoms with E-state index in [0.29, 0.717) is 17.0 Å². The van der Waals surface area contributed by atoms with E-state index in [9.17, 15) is 4.79 Å². The van der Waals surface area contributed by atoms with Crippen LogP contribution in [0.15, 0.2) is 29.5 Å². The molecule has 0 aliphatic carbocycles. The van der Waals surface area contributed by atoms with Gasteiger partial charge in [-0.1, -0.05) is 26.7 Å². The van der Waals surface area contributed by atoms with Gasteiger partial charge in [-0.25, -0.2) is 9.67 Å². The summed E-state index contributed by atoms with van der Waals surface area (Å²) < 4.78 is 1.70. The number of pyridine rings is 1. The molecule has 0 amide bonds. The molecular formula is C17H21N5O.